The van der Waals surface area contributed by atoms with Crippen molar-refractivity contribution >= 4 is 11.8 Å². The van der Waals surface area contributed by atoms with E-state index in [-0.39, 0.29) is 18.4 Å². The van der Waals surface area contributed by atoms with Crippen molar-refractivity contribution in [1.82, 2.24) is 30.0 Å². The fourth-order valence-electron chi connectivity index (χ4n) is 3.49. The van der Waals surface area contributed by atoms with Gasteiger partial charge in [0.25, 0.3) is 5.91 Å². The monoisotopic (exact) mass is 354 g/mol. The number of carbonyl (C=O) groups excluding carboxylic acids is 2. The second kappa shape index (κ2) is 6.19. The van der Waals surface area contributed by atoms with Crippen molar-refractivity contribution in [3.05, 3.63) is 40.7 Å². The molecule has 2 aromatic rings. The summed E-state index contributed by atoms with van der Waals surface area (Å²) in [6.45, 7) is 4.30. The molecule has 0 saturated heterocycles. The van der Waals surface area contributed by atoms with E-state index in [0.717, 1.165) is 11.5 Å². The summed E-state index contributed by atoms with van der Waals surface area (Å²) in [4.78, 5) is 31.8. The van der Waals surface area contributed by atoms with Crippen LogP contribution in [0.3, 0.4) is 0 Å². The summed E-state index contributed by atoms with van der Waals surface area (Å²) < 4.78 is 1.89. The number of nitrogens with one attached hydrogen (secondary N) is 1. The first kappa shape index (κ1) is 16.7. The Morgan fingerprint density at radius 2 is 1.96 bits per heavy atom. The quantitative estimate of drug-likeness (QED) is 0.885. The number of aromatic nitrogens is 4. The van der Waals surface area contributed by atoms with Crippen LogP contribution < -0.4 is 5.32 Å². The van der Waals surface area contributed by atoms with Crippen LogP contribution in [0, 0.1) is 13.8 Å². The average Bonchev–Trinajstić information content (AvgIpc) is 3.44. The number of hydrogen-bond donors (Lipinski definition) is 1. The fraction of sp³-hybridized carbons (Fsp3) is 0.500. The van der Waals surface area contributed by atoms with Crippen LogP contribution in [-0.4, -0.2) is 49.6 Å². The van der Waals surface area contributed by atoms with Gasteiger partial charge in [-0.05, 0) is 38.8 Å². The Morgan fingerprint density at radius 3 is 2.62 bits per heavy atom. The molecule has 1 N–H and O–H groups in total. The first-order valence-corrected chi connectivity index (χ1v) is 8.88. The van der Waals surface area contributed by atoms with Gasteiger partial charge in [0.1, 0.15) is 11.9 Å². The highest BCUT2D eigenvalue weighted by Crippen LogP contribution is 2.39. The molecule has 4 rings (SSSR count). The smallest absolute Gasteiger partial charge is 0.256 e. The molecule has 0 spiro atoms. The normalized spacial score (nSPS) is 19.2. The van der Waals surface area contributed by atoms with Gasteiger partial charge in [-0.1, -0.05) is 0 Å². The third-order valence-electron chi connectivity index (χ3n) is 5.20. The number of hydrogen-bond acceptors (Lipinski definition) is 5. The summed E-state index contributed by atoms with van der Waals surface area (Å²) in [7, 11) is 1.58. The number of aryl methyl sites for hydroxylation is 2. The van der Waals surface area contributed by atoms with E-state index in [0.29, 0.717) is 29.5 Å². The number of fused-ring (bicyclic) bond motifs is 1. The SMILES string of the molecule is CNC(=O)C1Cn2c(C)nnc2CN1C(=O)c1ccc(C2CC2)nc1C. The zero-order valence-corrected chi connectivity index (χ0v) is 15.2. The molecule has 0 radical (unpaired) electrons. The first-order chi connectivity index (χ1) is 12.5. The van der Waals surface area contributed by atoms with Crippen molar-refractivity contribution in [3.63, 3.8) is 0 Å². The lowest BCUT2D eigenvalue weighted by molar-refractivity contribution is -0.126. The van der Waals surface area contributed by atoms with E-state index in [2.05, 4.69) is 20.5 Å². The van der Waals surface area contributed by atoms with Gasteiger partial charge >= 0.3 is 0 Å². The van der Waals surface area contributed by atoms with Gasteiger partial charge in [-0.25, -0.2) is 0 Å². The summed E-state index contributed by atoms with van der Waals surface area (Å²) >= 11 is 0. The van der Waals surface area contributed by atoms with E-state index in [1.807, 2.05) is 30.5 Å². The first-order valence-electron chi connectivity index (χ1n) is 8.88. The molecule has 0 bridgehead atoms. The maximum absolute atomic E-state index is 13.2. The van der Waals surface area contributed by atoms with Crippen LogP contribution in [0.5, 0.6) is 0 Å². The summed E-state index contributed by atoms with van der Waals surface area (Å²) in [5.74, 6) is 1.58. The molecule has 2 amide bonds. The van der Waals surface area contributed by atoms with Crippen molar-refractivity contribution < 1.29 is 9.59 Å². The van der Waals surface area contributed by atoms with Gasteiger partial charge in [-0.3, -0.25) is 14.6 Å². The Morgan fingerprint density at radius 1 is 1.19 bits per heavy atom. The maximum Gasteiger partial charge on any atom is 0.256 e. The minimum Gasteiger partial charge on any atom is -0.357 e. The second-order valence-electron chi connectivity index (χ2n) is 6.98. The number of carbonyl (C=O) groups is 2. The van der Waals surface area contributed by atoms with Gasteiger partial charge in [-0.2, -0.15) is 0 Å². The molecule has 1 aliphatic heterocycles. The third kappa shape index (κ3) is 2.75. The van der Waals surface area contributed by atoms with Crippen molar-refractivity contribution in [2.24, 2.45) is 0 Å². The van der Waals surface area contributed by atoms with Crippen molar-refractivity contribution in [2.75, 3.05) is 7.05 Å². The molecule has 1 saturated carbocycles. The largest absolute Gasteiger partial charge is 0.357 e. The number of amides is 2. The standard InChI is InChI=1S/C18H22N6O2/c1-10-13(6-7-14(20-10)12-4-5-12)18(26)24-9-16-22-21-11(2)23(16)8-15(24)17(25)19-3/h6-7,12,15H,4-5,8-9H2,1-3H3,(H,19,25). The van der Waals surface area contributed by atoms with Crippen LogP contribution in [0.2, 0.25) is 0 Å². The molecule has 2 aliphatic rings. The highest BCUT2D eigenvalue weighted by atomic mass is 16.2. The van der Waals surface area contributed by atoms with Crippen LogP contribution in [0.15, 0.2) is 12.1 Å². The fourth-order valence-corrected chi connectivity index (χ4v) is 3.49. The minimum atomic E-state index is -0.600. The predicted octanol–water partition coefficient (Wildman–Crippen LogP) is 0.938. The average molecular weight is 354 g/mol. The Kier molecular flexibility index (Phi) is 3.97. The number of likely N-dealkylation sites (N-methyl/N-ethyl adjacent to an activating group) is 1. The topological polar surface area (TPSA) is 93.0 Å². The Labute approximate surface area is 151 Å². The number of nitrogens with zero attached hydrogens (tertiary/aromatic N) is 5. The molecule has 26 heavy (non-hydrogen) atoms. The lowest BCUT2D eigenvalue weighted by Crippen LogP contribution is -2.53. The summed E-state index contributed by atoms with van der Waals surface area (Å²) in [5.41, 5.74) is 2.29. The van der Waals surface area contributed by atoms with Gasteiger partial charge in [0.2, 0.25) is 5.91 Å². The molecular weight excluding hydrogens is 332 g/mol. The molecule has 1 atom stereocenters. The van der Waals surface area contributed by atoms with Gasteiger partial charge < -0.3 is 14.8 Å². The maximum atomic E-state index is 13.2. The Hall–Kier alpha value is -2.77. The predicted molar refractivity (Wildman–Crippen MR) is 93.4 cm³/mol. The van der Waals surface area contributed by atoms with Gasteiger partial charge in [0.15, 0.2) is 5.82 Å². The van der Waals surface area contributed by atoms with E-state index in [1.54, 1.807) is 11.9 Å². The molecule has 8 heteroatoms. The molecule has 1 aliphatic carbocycles. The van der Waals surface area contributed by atoms with E-state index in [1.165, 1.54) is 12.8 Å². The number of pyridine rings is 1. The van der Waals surface area contributed by atoms with Crippen molar-refractivity contribution in [2.45, 2.75) is 51.7 Å². The van der Waals surface area contributed by atoms with Crippen LogP contribution in [0.1, 0.15) is 52.2 Å². The minimum absolute atomic E-state index is 0.196. The molecule has 3 heterocycles. The van der Waals surface area contributed by atoms with Gasteiger partial charge in [0, 0.05) is 18.7 Å². The molecule has 0 aromatic carbocycles. The van der Waals surface area contributed by atoms with E-state index < -0.39 is 6.04 Å². The Balaban J connectivity index is 1.67. The second-order valence-corrected chi connectivity index (χ2v) is 6.98. The van der Waals surface area contributed by atoms with Crippen LogP contribution >= 0.6 is 0 Å². The zero-order valence-electron chi connectivity index (χ0n) is 15.2. The number of rotatable bonds is 3. The third-order valence-corrected chi connectivity index (χ3v) is 5.20. The van der Waals surface area contributed by atoms with E-state index in [9.17, 15) is 9.59 Å². The summed E-state index contributed by atoms with van der Waals surface area (Å²) in [6.07, 6.45) is 2.33. The van der Waals surface area contributed by atoms with Crippen molar-refractivity contribution in [3.8, 4) is 0 Å². The molecule has 8 nitrogen and oxygen atoms in total. The zero-order chi connectivity index (χ0) is 18.4. The molecule has 2 aromatic heterocycles. The highest BCUT2D eigenvalue weighted by molar-refractivity contribution is 5.98. The van der Waals surface area contributed by atoms with E-state index in [4.69, 9.17) is 0 Å². The van der Waals surface area contributed by atoms with Crippen LogP contribution in [-0.2, 0) is 17.9 Å². The van der Waals surface area contributed by atoms with Crippen molar-refractivity contribution in [1.29, 1.82) is 0 Å². The molecule has 1 fully saturated rings. The lowest BCUT2D eigenvalue weighted by Gasteiger charge is -2.35. The lowest BCUT2D eigenvalue weighted by atomic mass is 10.1. The molecule has 136 valence electrons. The van der Waals surface area contributed by atoms with Gasteiger partial charge in [-0.15, -0.1) is 10.2 Å². The van der Waals surface area contributed by atoms with Gasteiger partial charge in [0.05, 0.1) is 24.3 Å². The highest BCUT2D eigenvalue weighted by Gasteiger charge is 2.37. The molecule has 1 unspecified atom stereocenters. The van der Waals surface area contributed by atoms with E-state index >= 15 is 0 Å². The summed E-state index contributed by atoms with van der Waals surface area (Å²) in [5, 5.41) is 10.9. The van der Waals surface area contributed by atoms with Crippen LogP contribution in [0.4, 0.5) is 0 Å². The molecular formula is C18H22N6O2. The summed E-state index contributed by atoms with van der Waals surface area (Å²) in [6, 6.07) is 3.17. The Bertz CT molecular complexity index is 886. The van der Waals surface area contributed by atoms with Crippen LogP contribution in [0.25, 0.3) is 0 Å².